The smallest absolute Gasteiger partial charge is 0.269 e. The highest BCUT2D eigenvalue weighted by Gasteiger charge is 2.24. The minimum absolute atomic E-state index is 0.160. The summed E-state index contributed by atoms with van der Waals surface area (Å²) in [5.41, 5.74) is 1.25. The van der Waals surface area contributed by atoms with Crippen molar-refractivity contribution in [1.82, 2.24) is 9.80 Å². The summed E-state index contributed by atoms with van der Waals surface area (Å²) in [5, 5.41) is 10.7. The lowest BCUT2D eigenvalue weighted by atomic mass is 10.0. The number of non-ortho nitro benzene ring substituents is 1. The van der Waals surface area contributed by atoms with Crippen LogP contribution in [0.4, 0.5) is 11.4 Å². The summed E-state index contributed by atoms with van der Waals surface area (Å²) in [5.74, 6) is 0. The van der Waals surface area contributed by atoms with Crippen molar-refractivity contribution in [3.8, 4) is 0 Å². The predicted molar refractivity (Wildman–Crippen MR) is 92.0 cm³/mol. The SMILES string of the molecule is CN1CCCC[C@@H]1CN1CCN(c2ccc([N+](=O)[O-])cc2)CC1. The molecule has 3 rings (SSSR count). The summed E-state index contributed by atoms with van der Waals surface area (Å²) in [6, 6.07) is 7.62. The fraction of sp³-hybridized carbons (Fsp3) is 0.647. The number of anilines is 1. The molecule has 2 heterocycles. The molecule has 0 amide bonds. The molecule has 1 aromatic rings. The van der Waals surface area contributed by atoms with Crippen LogP contribution in [-0.2, 0) is 0 Å². The summed E-state index contributed by atoms with van der Waals surface area (Å²) in [4.78, 5) is 17.8. The van der Waals surface area contributed by atoms with E-state index in [2.05, 4.69) is 21.7 Å². The van der Waals surface area contributed by atoms with Gasteiger partial charge in [0.05, 0.1) is 4.92 Å². The van der Waals surface area contributed by atoms with Crippen LogP contribution >= 0.6 is 0 Å². The van der Waals surface area contributed by atoms with Crippen LogP contribution in [-0.4, -0.2) is 67.1 Å². The van der Waals surface area contributed by atoms with Gasteiger partial charge < -0.3 is 9.80 Å². The third kappa shape index (κ3) is 4.00. The van der Waals surface area contributed by atoms with E-state index in [-0.39, 0.29) is 10.6 Å². The van der Waals surface area contributed by atoms with Crippen LogP contribution in [0.5, 0.6) is 0 Å². The zero-order chi connectivity index (χ0) is 16.2. The van der Waals surface area contributed by atoms with Crippen molar-refractivity contribution in [2.45, 2.75) is 25.3 Å². The van der Waals surface area contributed by atoms with E-state index >= 15 is 0 Å². The monoisotopic (exact) mass is 318 g/mol. The maximum absolute atomic E-state index is 10.7. The summed E-state index contributed by atoms with van der Waals surface area (Å²) in [6.07, 6.45) is 4.01. The van der Waals surface area contributed by atoms with Gasteiger partial charge in [-0.15, -0.1) is 0 Å². The molecule has 23 heavy (non-hydrogen) atoms. The number of hydrogen-bond donors (Lipinski definition) is 0. The van der Waals surface area contributed by atoms with Gasteiger partial charge in [0, 0.05) is 56.6 Å². The van der Waals surface area contributed by atoms with Crippen LogP contribution in [0.15, 0.2) is 24.3 Å². The summed E-state index contributed by atoms with van der Waals surface area (Å²) in [6.45, 7) is 6.53. The summed E-state index contributed by atoms with van der Waals surface area (Å²) < 4.78 is 0. The van der Waals surface area contributed by atoms with Gasteiger partial charge in [-0.1, -0.05) is 6.42 Å². The van der Waals surface area contributed by atoms with Gasteiger partial charge in [-0.3, -0.25) is 15.0 Å². The van der Waals surface area contributed by atoms with Crippen molar-refractivity contribution >= 4 is 11.4 Å². The number of piperazine rings is 1. The molecule has 0 bridgehead atoms. The van der Waals surface area contributed by atoms with Crippen molar-refractivity contribution in [2.75, 3.05) is 51.2 Å². The Morgan fingerprint density at radius 2 is 1.78 bits per heavy atom. The second-order valence-electron chi connectivity index (χ2n) is 6.69. The van der Waals surface area contributed by atoms with Crippen molar-refractivity contribution in [2.24, 2.45) is 0 Å². The molecule has 6 heteroatoms. The first-order valence-corrected chi connectivity index (χ1v) is 8.55. The summed E-state index contributed by atoms with van der Waals surface area (Å²) in [7, 11) is 2.25. The normalized spacial score (nSPS) is 23.9. The van der Waals surface area contributed by atoms with Crippen molar-refractivity contribution in [1.29, 1.82) is 0 Å². The molecule has 2 aliphatic heterocycles. The second-order valence-corrected chi connectivity index (χ2v) is 6.69. The molecule has 6 nitrogen and oxygen atoms in total. The molecule has 0 saturated carbocycles. The minimum atomic E-state index is -0.345. The molecule has 0 aromatic heterocycles. The maximum atomic E-state index is 10.7. The van der Waals surface area contributed by atoms with Crippen LogP contribution in [0.25, 0.3) is 0 Å². The molecule has 1 atom stereocenters. The number of nitro groups is 1. The first kappa shape index (κ1) is 16.2. The van der Waals surface area contributed by atoms with Crippen LogP contribution < -0.4 is 4.90 Å². The van der Waals surface area contributed by atoms with Crippen molar-refractivity contribution < 1.29 is 4.92 Å². The van der Waals surface area contributed by atoms with Gasteiger partial charge in [0.15, 0.2) is 0 Å². The van der Waals surface area contributed by atoms with E-state index in [9.17, 15) is 10.1 Å². The topological polar surface area (TPSA) is 52.9 Å². The molecule has 0 aliphatic carbocycles. The van der Waals surface area contributed by atoms with E-state index in [1.165, 1.54) is 32.4 Å². The lowest BCUT2D eigenvalue weighted by molar-refractivity contribution is -0.384. The molecule has 2 aliphatic rings. The number of nitrogens with zero attached hydrogens (tertiary/aromatic N) is 4. The fourth-order valence-electron chi connectivity index (χ4n) is 3.65. The Labute approximate surface area is 137 Å². The molecule has 0 radical (unpaired) electrons. The molecule has 0 spiro atoms. The number of hydrogen-bond acceptors (Lipinski definition) is 5. The third-order valence-electron chi connectivity index (χ3n) is 5.19. The Bertz CT molecular complexity index is 526. The average Bonchev–Trinajstić information content (AvgIpc) is 2.58. The van der Waals surface area contributed by atoms with Gasteiger partial charge in [0.25, 0.3) is 5.69 Å². The molecule has 126 valence electrons. The third-order valence-corrected chi connectivity index (χ3v) is 5.19. The van der Waals surface area contributed by atoms with Crippen LogP contribution in [0.2, 0.25) is 0 Å². The lowest BCUT2D eigenvalue weighted by Gasteiger charge is -2.40. The Balaban J connectivity index is 1.50. The van der Waals surface area contributed by atoms with E-state index < -0.39 is 0 Å². The Kier molecular flexibility index (Phi) is 5.13. The molecule has 0 N–H and O–H groups in total. The molecule has 0 unspecified atom stereocenters. The van der Waals surface area contributed by atoms with Crippen LogP contribution in [0, 0.1) is 10.1 Å². The van der Waals surface area contributed by atoms with Gasteiger partial charge in [-0.05, 0) is 38.6 Å². The van der Waals surface area contributed by atoms with Gasteiger partial charge in [-0.25, -0.2) is 0 Å². The van der Waals surface area contributed by atoms with Gasteiger partial charge in [0.1, 0.15) is 0 Å². The fourth-order valence-corrected chi connectivity index (χ4v) is 3.65. The van der Waals surface area contributed by atoms with Crippen LogP contribution in [0.3, 0.4) is 0 Å². The zero-order valence-corrected chi connectivity index (χ0v) is 13.9. The number of rotatable bonds is 4. The Hall–Kier alpha value is -1.66. The second kappa shape index (κ2) is 7.27. The highest BCUT2D eigenvalue weighted by molar-refractivity contribution is 5.51. The highest BCUT2D eigenvalue weighted by atomic mass is 16.6. The molecule has 2 fully saturated rings. The van der Waals surface area contributed by atoms with E-state index in [0.29, 0.717) is 6.04 Å². The number of likely N-dealkylation sites (N-methyl/N-ethyl adjacent to an activating group) is 1. The predicted octanol–water partition coefficient (Wildman–Crippen LogP) is 2.20. The van der Waals surface area contributed by atoms with E-state index in [4.69, 9.17) is 0 Å². The quantitative estimate of drug-likeness (QED) is 0.629. The lowest BCUT2D eigenvalue weighted by Crippen LogP contribution is -2.51. The van der Waals surface area contributed by atoms with E-state index in [0.717, 1.165) is 31.9 Å². The maximum Gasteiger partial charge on any atom is 0.269 e. The van der Waals surface area contributed by atoms with Gasteiger partial charge in [0.2, 0.25) is 0 Å². The van der Waals surface area contributed by atoms with E-state index in [1.807, 2.05) is 12.1 Å². The van der Waals surface area contributed by atoms with Crippen LogP contribution in [0.1, 0.15) is 19.3 Å². The molecule has 2 saturated heterocycles. The minimum Gasteiger partial charge on any atom is -0.369 e. The Morgan fingerprint density at radius 3 is 2.39 bits per heavy atom. The molecule has 1 aromatic carbocycles. The zero-order valence-electron chi connectivity index (χ0n) is 13.9. The molecular formula is C17H26N4O2. The summed E-state index contributed by atoms with van der Waals surface area (Å²) >= 11 is 0. The first-order chi connectivity index (χ1) is 11.1. The number of likely N-dealkylation sites (tertiary alicyclic amines) is 1. The van der Waals surface area contributed by atoms with E-state index in [1.54, 1.807) is 12.1 Å². The van der Waals surface area contributed by atoms with Crippen molar-refractivity contribution in [3.63, 3.8) is 0 Å². The highest BCUT2D eigenvalue weighted by Crippen LogP contribution is 2.21. The number of piperidine rings is 1. The first-order valence-electron chi connectivity index (χ1n) is 8.55. The average molecular weight is 318 g/mol. The Morgan fingerprint density at radius 1 is 1.09 bits per heavy atom. The van der Waals surface area contributed by atoms with Gasteiger partial charge >= 0.3 is 0 Å². The largest absolute Gasteiger partial charge is 0.369 e. The number of nitro benzene ring substituents is 1. The van der Waals surface area contributed by atoms with Crippen molar-refractivity contribution in [3.05, 3.63) is 34.4 Å². The van der Waals surface area contributed by atoms with Gasteiger partial charge in [-0.2, -0.15) is 0 Å². The molecular weight excluding hydrogens is 292 g/mol. The standard InChI is InChI=1S/C17H26N4O2/c1-18-9-3-2-4-17(18)14-19-10-12-20(13-11-19)15-5-7-16(8-6-15)21(22)23/h5-8,17H,2-4,9-14H2,1H3/t17-/m1/s1. The number of benzene rings is 1.